The Kier molecular flexibility index (Phi) is 2.73. The van der Waals surface area contributed by atoms with Crippen LogP contribution in [0.3, 0.4) is 0 Å². The molecule has 2 rings (SSSR count). The zero-order valence-corrected chi connectivity index (χ0v) is 9.45. The molecule has 0 atom stereocenters. The Hall–Kier alpha value is -1.36. The van der Waals surface area contributed by atoms with Crippen molar-refractivity contribution in [2.75, 3.05) is 6.54 Å². The summed E-state index contributed by atoms with van der Waals surface area (Å²) in [5.74, 6) is -0.239. The van der Waals surface area contributed by atoms with Gasteiger partial charge >= 0.3 is 6.03 Å². The lowest BCUT2D eigenvalue weighted by Crippen LogP contribution is -2.27. The van der Waals surface area contributed by atoms with E-state index >= 15 is 0 Å². The molecule has 1 N–H and O–H groups in total. The summed E-state index contributed by atoms with van der Waals surface area (Å²) in [4.78, 5) is 23.6. The highest BCUT2D eigenvalue weighted by molar-refractivity contribution is 9.10. The third-order valence-corrected chi connectivity index (χ3v) is 2.68. The highest BCUT2D eigenvalue weighted by atomic mass is 79.9. The second kappa shape index (κ2) is 4.02. The minimum absolute atomic E-state index is 0.148. The summed E-state index contributed by atoms with van der Waals surface area (Å²) in [7, 11) is 0. The predicted octanol–water partition coefficient (Wildman–Crippen LogP) is 1.50. The maximum absolute atomic E-state index is 11.2. The van der Waals surface area contributed by atoms with Gasteiger partial charge in [-0.05, 0) is 17.7 Å². The first-order valence-electron chi connectivity index (χ1n) is 4.48. The standard InChI is InChI=1S/C10H9BrN2O2/c11-8-3-1-7(2-4-8)5-13-6-9(14)12-10(13)15/h1-4H,5-6H2,(H,12,14,15). The number of nitrogens with zero attached hydrogens (tertiary/aromatic N) is 1. The van der Waals surface area contributed by atoms with Crippen molar-refractivity contribution >= 4 is 27.9 Å². The molecule has 1 saturated heterocycles. The van der Waals surface area contributed by atoms with Crippen LogP contribution in [0.1, 0.15) is 5.56 Å². The third-order valence-electron chi connectivity index (χ3n) is 2.15. The van der Waals surface area contributed by atoms with E-state index in [4.69, 9.17) is 0 Å². The Labute approximate surface area is 95.4 Å². The molecule has 15 heavy (non-hydrogen) atoms. The normalized spacial score (nSPS) is 15.7. The number of urea groups is 1. The molecular weight excluding hydrogens is 260 g/mol. The molecule has 1 fully saturated rings. The first-order valence-corrected chi connectivity index (χ1v) is 5.27. The van der Waals surface area contributed by atoms with Gasteiger partial charge in [0.2, 0.25) is 5.91 Å². The molecule has 5 heteroatoms. The molecule has 1 aromatic carbocycles. The molecule has 1 heterocycles. The maximum Gasteiger partial charge on any atom is 0.324 e. The van der Waals surface area contributed by atoms with Gasteiger partial charge < -0.3 is 4.90 Å². The van der Waals surface area contributed by atoms with Crippen LogP contribution in [0.5, 0.6) is 0 Å². The fraction of sp³-hybridized carbons (Fsp3) is 0.200. The van der Waals surface area contributed by atoms with Crippen molar-refractivity contribution in [1.82, 2.24) is 10.2 Å². The van der Waals surface area contributed by atoms with E-state index in [1.54, 1.807) is 0 Å². The van der Waals surface area contributed by atoms with Crippen LogP contribution in [0, 0.1) is 0 Å². The van der Waals surface area contributed by atoms with Gasteiger partial charge in [-0.25, -0.2) is 4.79 Å². The SMILES string of the molecule is O=C1CN(Cc2ccc(Br)cc2)C(=O)N1. The van der Waals surface area contributed by atoms with Gasteiger partial charge in [0.25, 0.3) is 0 Å². The van der Waals surface area contributed by atoms with E-state index in [2.05, 4.69) is 21.2 Å². The van der Waals surface area contributed by atoms with Gasteiger partial charge in [0, 0.05) is 11.0 Å². The van der Waals surface area contributed by atoms with Crippen LogP contribution in [0.25, 0.3) is 0 Å². The van der Waals surface area contributed by atoms with E-state index in [9.17, 15) is 9.59 Å². The molecule has 0 bridgehead atoms. The molecule has 3 amide bonds. The first-order chi connectivity index (χ1) is 7.15. The van der Waals surface area contributed by atoms with Crippen molar-refractivity contribution in [3.63, 3.8) is 0 Å². The molecule has 1 aromatic rings. The summed E-state index contributed by atoms with van der Waals surface area (Å²) in [6.07, 6.45) is 0. The largest absolute Gasteiger partial charge is 0.324 e. The van der Waals surface area contributed by atoms with Crippen molar-refractivity contribution < 1.29 is 9.59 Å². The highest BCUT2D eigenvalue weighted by Gasteiger charge is 2.26. The molecule has 0 spiro atoms. The van der Waals surface area contributed by atoms with Crippen molar-refractivity contribution in [3.8, 4) is 0 Å². The average molecular weight is 269 g/mol. The zero-order chi connectivity index (χ0) is 10.8. The Morgan fingerprint density at radius 1 is 1.27 bits per heavy atom. The number of benzene rings is 1. The second-order valence-corrected chi connectivity index (χ2v) is 4.25. The Bertz CT molecular complexity index is 402. The van der Waals surface area contributed by atoms with Gasteiger partial charge in [0.05, 0.1) is 0 Å². The van der Waals surface area contributed by atoms with Crippen molar-refractivity contribution in [2.45, 2.75) is 6.54 Å². The van der Waals surface area contributed by atoms with E-state index < -0.39 is 0 Å². The predicted molar refractivity (Wildman–Crippen MR) is 58.1 cm³/mol. The van der Waals surface area contributed by atoms with E-state index in [0.717, 1.165) is 10.0 Å². The number of rotatable bonds is 2. The summed E-state index contributed by atoms with van der Waals surface area (Å²) in [5.41, 5.74) is 1.00. The quantitative estimate of drug-likeness (QED) is 0.827. The second-order valence-electron chi connectivity index (χ2n) is 3.34. The van der Waals surface area contributed by atoms with Crippen molar-refractivity contribution in [2.24, 2.45) is 0 Å². The molecular formula is C10H9BrN2O2. The van der Waals surface area contributed by atoms with E-state index in [0.29, 0.717) is 6.54 Å². The van der Waals surface area contributed by atoms with Crippen molar-refractivity contribution in [1.29, 1.82) is 0 Å². The molecule has 1 aliphatic rings. The molecule has 0 aliphatic carbocycles. The minimum Gasteiger partial charge on any atom is -0.311 e. The van der Waals surface area contributed by atoms with Gasteiger partial charge in [-0.1, -0.05) is 28.1 Å². The third kappa shape index (κ3) is 2.36. The topological polar surface area (TPSA) is 49.4 Å². The van der Waals surface area contributed by atoms with Crippen LogP contribution in [-0.4, -0.2) is 23.4 Å². The summed E-state index contributed by atoms with van der Waals surface area (Å²) in [5, 5.41) is 2.24. The number of imide groups is 1. The fourth-order valence-corrected chi connectivity index (χ4v) is 1.69. The van der Waals surface area contributed by atoms with Crippen LogP contribution in [0.4, 0.5) is 4.79 Å². The highest BCUT2D eigenvalue weighted by Crippen LogP contribution is 2.13. The van der Waals surface area contributed by atoms with E-state index in [-0.39, 0.29) is 18.5 Å². The molecule has 78 valence electrons. The number of hydrogen-bond acceptors (Lipinski definition) is 2. The maximum atomic E-state index is 11.2. The Morgan fingerprint density at radius 3 is 2.47 bits per heavy atom. The summed E-state index contributed by atoms with van der Waals surface area (Å²) in [6, 6.07) is 7.33. The molecule has 4 nitrogen and oxygen atoms in total. The Morgan fingerprint density at radius 2 is 1.93 bits per heavy atom. The van der Waals surface area contributed by atoms with Crippen molar-refractivity contribution in [3.05, 3.63) is 34.3 Å². The first kappa shape index (κ1) is 10.2. The summed E-state index contributed by atoms with van der Waals surface area (Å²) in [6.45, 7) is 0.611. The lowest BCUT2D eigenvalue weighted by atomic mass is 10.2. The summed E-state index contributed by atoms with van der Waals surface area (Å²) >= 11 is 3.33. The zero-order valence-electron chi connectivity index (χ0n) is 7.87. The minimum atomic E-state index is -0.317. The smallest absolute Gasteiger partial charge is 0.311 e. The van der Waals surface area contributed by atoms with Gasteiger partial charge in [0.1, 0.15) is 6.54 Å². The molecule has 0 saturated carbocycles. The summed E-state index contributed by atoms with van der Waals surface area (Å²) < 4.78 is 0.994. The van der Waals surface area contributed by atoms with Crippen LogP contribution in [0.2, 0.25) is 0 Å². The number of hydrogen-bond donors (Lipinski definition) is 1. The number of amides is 3. The average Bonchev–Trinajstić information content (AvgIpc) is 2.49. The molecule has 1 aliphatic heterocycles. The van der Waals surface area contributed by atoms with Crippen LogP contribution in [-0.2, 0) is 11.3 Å². The lowest BCUT2D eigenvalue weighted by Gasteiger charge is -2.12. The van der Waals surface area contributed by atoms with Gasteiger partial charge in [-0.2, -0.15) is 0 Å². The molecule has 0 radical (unpaired) electrons. The van der Waals surface area contributed by atoms with Gasteiger partial charge in [-0.15, -0.1) is 0 Å². The van der Waals surface area contributed by atoms with Crippen LogP contribution < -0.4 is 5.32 Å². The monoisotopic (exact) mass is 268 g/mol. The number of carbonyl (C=O) groups is 2. The molecule has 0 aromatic heterocycles. The number of nitrogens with one attached hydrogen (secondary N) is 1. The Balaban J connectivity index is 2.06. The number of halogens is 1. The lowest BCUT2D eigenvalue weighted by molar-refractivity contribution is -0.118. The number of carbonyl (C=O) groups excluding carboxylic acids is 2. The van der Waals surface area contributed by atoms with E-state index in [1.807, 2.05) is 24.3 Å². The van der Waals surface area contributed by atoms with E-state index in [1.165, 1.54) is 4.90 Å². The van der Waals surface area contributed by atoms with Crippen LogP contribution in [0.15, 0.2) is 28.7 Å². The van der Waals surface area contributed by atoms with Gasteiger partial charge in [-0.3, -0.25) is 10.1 Å². The van der Waals surface area contributed by atoms with Crippen LogP contribution >= 0.6 is 15.9 Å². The fourth-order valence-electron chi connectivity index (χ4n) is 1.42. The molecule has 0 unspecified atom stereocenters. The van der Waals surface area contributed by atoms with Gasteiger partial charge in [0.15, 0.2) is 0 Å².